The van der Waals surface area contributed by atoms with Crippen LogP contribution in [0.1, 0.15) is 0 Å². The molecule has 2 heterocycles. The first kappa shape index (κ1) is 14.8. The van der Waals surface area contributed by atoms with Crippen LogP contribution in [0.2, 0.25) is 0 Å². The number of rotatable bonds is 2. The lowest BCUT2D eigenvalue weighted by Crippen LogP contribution is -2.13. The minimum Gasteiger partial charge on any atom is -0.300 e. The summed E-state index contributed by atoms with van der Waals surface area (Å²) in [4.78, 5) is 6.29. The predicted molar refractivity (Wildman–Crippen MR) is 109 cm³/mol. The van der Waals surface area contributed by atoms with E-state index in [1.165, 1.54) is 36.6 Å². The third kappa shape index (κ3) is 2.56. The molecule has 0 bridgehead atoms. The Bertz CT molecular complexity index is 991. The Morgan fingerprint density at radius 1 is 0.560 bits per heavy atom. The van der Waals surface area contributed by atoms with Crippen LogP contribution in [-0.2, 0) is 0 Å². The van der Waals surface area contributed by atoms with Crippen molar-refractivity contribution in [2.24, 2.45) is 0 Å². The Kier molecular flexibility index (Phi) is 3.62. The second-order valence-electron chi connectivity index (χ2n) is 5.88. The molecule has 0 saturated heterocycles. The number of benzene rings is 3. The molecule has 5 rings (SSSR count). The fraction of sp³-hybridized carbons (Fsp3) is 0. The summed E-state index contributed by atoms with van der Waals surface area (Å²) in [5.41, 5.74) is 3.78. The van der Waals surface area contributed by atoms with Crippen molar-refractivity contribution in [2.75, 3.05) is 4.90 Å². The topological polar surface area (TPSA) is 3.24 Å². The van der Waals surface area contributed by atoms with Crippen molar-refractivity contribution < 1.29 is 0 Å². The van der Waals surface area contributed by atoms with E-state index in [4.69, 9.17) is 0 Å². The molecule has 1 aliphatic rings. The molecule has 0 unspecified atom stereocenters. The first-order valence-electron chi connectivity index (χ1n) is 8.21. The smallest absolute Gasteiger partial charge is 0.101 e. The predicted octanol–water partition coefficient (Wildman–Crippen LogP) is 7.35. The van der Waals surface area contributed by atoms with Gasteiger partial charge in [-0.05, 0) is 42.0 Å². The van der Waals surface area contributed by atoms with Gasteiger partial charge in [0, 0.05) is 14.7 Å². The SMILES string of the molecule is c1ccc(-c2ccc(N3c4ccccc4Sc4ccccc43)s2)cc1. The number of thiophene rings is 1. The van der Waals surface area contributed by atoms with E-state index in [9.17, 15) is 0 Å². The molecule has 1 nitrogen and oxygen atoms in total. The second-order valence-corrected chi connectivity index (χ2v) is 8.02. The fourth-order valence-corrected chi connectivity index (χ4v) is 5.24. The standard InChI is InChI=1S/C22H15NS2/c1-2-8-16(9-3-1)19-14-15-22(25-19)23-17-10-4-6-12-20(17)24-21-13-7-5-11-18(21)23/h1-15H. The number of para-hydroxylation sites is 2. The van der Waals surface area contributed by atoms with Crippen molar-refractivity contribution in [3.8, 4) is 10.4 Å². The molecule has 0 aliphatic carbocycles. The summed E-state index contributed by atoms with van der Waals surface area (Å²) in [6.07, 6.45) is 0. The van der Waals surface area contributed by atoms with Gasteiger partial charge in [-0.1, -0.05) is 66.4 Å². The molecule has 3 aromatic carbocycles. The average Bonchev–Trinajstić information content (AvgIpc) is 3.16. The lowest BCUT2D eigenvalue weighted by Gasteiger charge is -2.31. The van der Waals surface area contributed by atoms with Crippen LogP contribution in [0, 0.1) is 0 Å². The average molecular weight is 358 g/mol. The van der Waals surface area contributed by atoms with Crippen LogP contribution in [0.4, 0.5) is 16.4 Å². The molecule has 3 heteroatoms. The summed E-state index contributed by atoms with van der Waals surface area (Å²) in [5.74, 6) is 0. The Balaban J connectivity index is 1.66. The van der Waals surface area contributed by atoms with Crippen molar-refractivity contribution >= 4 is 39.5 Å². The number of hydrogen-bond acceptors (Lipinski definition) is 3. The second kappa shape index (κ2) is 6.10. The molecule has 0 spiro atoms. The Labute approximate surface area is 155 Å². The van der Waals surface area contributed by atoms with E-state index in [-0.39, 0.29) is 0 Å². The molecule has 0 N–H and O–H groups in total. The van der Waals surface area contributed by atoms with Gasteiger partial charge in [0.1, 0.15) is 5.00 Å². The van der Waals surface area contributed by atoms with Gasteiger partial charge in [0.15, 0.2) is 0 Å². The van der Waals surface area contributed by atoms with Crippen molar-refractivity contribution in [1.82, 2.24) is 0 Å². The highest BCUT2D eigenvalue weighted by Gasteiger charge is 2.25. The molecule has 1 aliphatic heterocycles. The maximum absolute atomic E-state index is 2.39. The fourth-order valence-electron chi connectivity index (χ4n) is 3.15. The third-order valence-corrected chi connectivity index (χ3v) is 6.55. The molecule has 0 fully saturated rings. The van der Waals surface area contributed by atoms with Gasteiger partial charge in [-0.25, -0.2) is 0 Å². The van der Waals surface area contributed by atoms with E-state index in [1.54, 1.807) is 0 Å². The first-order chi connectivity index (χ1) is 12.4. The summed E-state index contributed by atoms with van der Waals surface area (Å²) >= 11 is 3.68. The van der Waals surface area contributed by atoms with Gasteiger partial charge in [0.25, 0.3) is 0 Å². The van der Waals surface area contributed by atoms with Gasteiger partial charge in [-0.15, -0.1) is 11.3 Å². The number of fused-ring (bicyclic) bond motifs is 2. The number of hydrogen-bond donors (Lipinski definition) is 0. The van der Waals surface area contributed by atoms with Crippen molar-refractivity contribution in [1.29, 1.82) is 0 Å². The van der Waals surface area contributed by atoms with Crippen LogP contribution in [0.3, 0.4) is 0 Å². The lowest BCUT2D eigenvalue weighted by atomic mass is 10.2. The molecule has 0 saturated carbocycles. The minimum atomic E-state index is 1.25. The molecule has 0 amide bonds. The molecule has 0 atom stereocenters. The zero-order valence-electron chi connectivity index (χ0n) is 13.4. The van der Waals surface area contributed by atoms with Crippen molar-refractivity contribution in [2.45, 2.75) is 9.79 Å². The van der Waals surface area contributed by atoms with Crippen molar-refractivity contribution in [3.05, 3.63) is 91.0 Å². The van der Waals surface area contributed by atoms with E-state index < -0.39 is 0 Å². The monoisotopic (exact) mass is 357 g/mol. The summed E-state index contributed by atoms with van der Waals surface area (Å²) in [6.45, 7) is 0. The van der Waals surface area contributed by atoms with Gasteiger partial charge in [0.2, 0.25) is 0 Å². The largest absolute Gasteiger partial charge is 0.300 e. The van der Waals surface area contributed by atoms with Gasteiger partial charge >= 0.3 is 0 Å². The molecular formula is C22H15NS2. The van der Waals surface area contributed by atoms with Gasteiger partial charge in [-0.2, -0.15) is 0 Å². The molecule has 1 aromatic heterocycles. The van der Waals surface area contributed by atoms with Gasteiger partial charge in [0.05, 0.1) is 11.4 Å². The maximum Gasteiger partial charge on any atom is 0.101 e. The zero-order valence-corrected chi connectivity index (χ0v) is 15.1. The molecule has 120 valence electrons. The summed E-state index contributed by atoms with van der Waals surface area (Å²) in [7, 11) is 0. The van der Waals surface area contributed by atoms with Crippen LogP contribution < -0.4 is 4.90 Å². The molecule has 0 radical (unpaired) electrons. The zero-order chi connectivity index (χ0) is 16.6. The van der Waals surface area contributed by atoms with E-state index in [0.29, 0.717) is 0 Å². The van der Waals surface area contributed by atoms with Crippen LogP contribution in [0.5, 0.6) is 0 Å². The van der Waals surface area contributed by atoms with E-state index in [2.05, 4.69) is 95.9 Å². The molecule has 25 heavy (non-hydrogen) atoms. The van der Waals surface area contributed by atoms with Crippen LogP contribution in [0.25, 0.3) is 10.4 Å². The molecule has 4 aromatic rings. The maximum atomic E-state index is 2.39. The summed E-state index contributed by atoms with van der Waals surface area (Å²) < 4.78 is 0. The highest BCUT2D eigenvalue weighted by atomic mass is 32.2. The van der Waals surface area contributed by atoms with Gasteiger partial charge < -0.3 is 0 Å². The molecular weight excluding hydrogens is 342 g/mol. The van der Waals surface area contributed by atoms with Crippen LogP contribution >= 0.6 is 23.1 Å². The number of nitrogens with zero attached hydrogens (tertiary/aromatic N) is 1. The Hall–Kier alpha value is -2.49. The van der Waals surface area contributed by atoms with E-state index in [0.717, 1.165) is 0 Å². The lowest BCUT2D eigenvalue weighted by molar-refractivity contribution is 1.18. The van der Waals surface area contributed by atoms with Crippen molar-refractivity contribution in [3.63, 3.8) is 0 Å². The summed E-state index contributed by atoms with van der Waals surface area (Å²) in [6, 6.07) is 32.3. The van der Waals surface area contributed by atoms with Gasteiger partial charge in [-0.3, -0.25) is 4.90 Å². The number of anilines is 3. The van der Waals surface area contributed by atoms with E-state index in [1.807, 2.05) is 23.1 Å². The third-order valence-electron chi connectivity index (χ3n) is 4.30. The van der Waals surface area contributed by atoms with Crippen LogP contribution in [-0.4, -0.2) is 0 Å². The normalized spacial score (nSPS) is 12.6. The van der Waals surface area contributed by atoms with E-state index >= 15 is 0 Å². The first-order valence-corrected chi connectivity index (χ1v) is 9.85. The minimum absolute atomic E-state index is 1.25. The highest BCUT2D eigenvalue weighted by molar-refractivity contribution is 7.99. The highest BCUT2D eigenvalue weighted by Crippen LogP contribution is 2.52. The van der Waals surface area contributed by atoms with Crippen LogP contribution in [0.15, 0.2) is 101 Å². The summed E-state index contributed by atoms with van der Waals surface area (Å²) in [5, 5.41) is 1.25. The Morgan fingerprint density at radius 2 is 1.16 bits per heavy atom. The quantitative estimate of drug-likeness (QED) is 0.325. The Morgan fingerprint density at radius 3 is 1.84 bits per heavy atom.